The van der Waals surface area contributed by atoms with Gasteiger partial charge < -0.3 is 10.6 Å². The molecule has 5 heteroatoms. The molecule has 1 aromatic carbocycles. The second-order valence-electron chi connectivity index (χ2n) is 4.09. The highest BCUT2D eigenvalue weighted by atomic mass is 35.5. The molecule has 0 bridgehead atoms. The molecule has 0 spiro atoms. The van der Waals surface area contributed by atoms with Crippen molar-refractivity contribution in [1.82, 2.24) is 5.32 Å². The Morgan fingerprint density at radius 2 is 2.28 bits per heavy atom. The fourth-order valence-corrected chi connectivity index (χ4v) is 1.74. The lowest BCUT2D eigenvalue weighted by atomic mass is 10.2. The first-order valence-corrected chi connectivity index (χ1v) is 6.21. The van der Waals surface area contributed by atoms with E-state index in [1.807, 2.05) is 13.0 Å². The average Bonchev–Trinajstić information content (AvgIpc) is 2.31. The maximum Gasteiger partial charge on any atom is 0.319 e. The highest BCUT2D eigenvalue weighted by Gasteiger charge is 2.07. The molecule has 0 aliphatic heterocycles. The molecule has 0 aromatic heterocycles. The van der Waals surface area contributed by atoms with Crippen LogP contribution >= 0.6 is 11.6 Å². The molecule has 96 valence electrons. The van der Waals surface area contributed by atoms with Crippen molar-refractivity contribution >= 4 is 23.3 Å². The van der Waals surface area contributed by atoms with E-state index >= 15 is 0 Å². The predicted octanol–water partition coefficient (Wildman–Crippen LogP) is 3.52. The number of carbonyl (C=O) groups is 1. The summed E-state index contributed by atoms with van der Waals surface area (Å²) in [5.74, 6) is 0. The maximum atomic E-state index is 11.6. The Bertz CT molecular complexity index is 468. The number of amides is 2. The zero-order chi connectivity index (χ0) is 13.5. The Hall–Kier alpha value is -1.73. The maximum absolute atomic E-state index is 11.6. The summed E-state index contributed by atoms with van der Waals surface area (Å²) in [6.45, 7) is 4.01. The van der Waals surface area contributed by atoms with Gasteiger partial charge in [0.25, 0.3) is 0 Å². The van der Waals surface area contributed by atoms with E-state index in [0.717, 1.165) is 12.8 Å². The molecule has 2 N–H and O–H groups in total. The van der Waals surface area contributed by atoms with Crippen LogP contribution in [0.2, 0.25) is 5.02 Å². The molecular formula is C13H16ClN3O. The zero-order valence-electron chi connectivity index (χ0n) is 10.5. The molecule has 0 radical (unpaired) electrons. The van der Waals surface area contributed by atoms with Crippen LogP contribution in [-0.4, -0.2) is 12.1 Å². The van der Waals surface area contributed by atoms with Crippen molar-refractivity contribution in [3.63, 3.8) is 0 Å². The molecular weight excluding hydrogens is 250 g/mol. The van der Waals surface area contributed by atoms with Crippen LogP contribution in [-0.2, 0) is 0 Å². The normalized spacial score (nSPS) is 11.4. The lowest BCUT2D eigenvalue weighted by molar-refractivity contribution is 0.248. The first-order chi connectivity index (χ1) is 8.56. The van der Waals surface area contributed by atoms with E-state index in [2.05, 4.69) is 17.6 Å². The number of rotatable bonds is 4. The molecule has 0 unspecified atom stereocenters. The van der Waals surface area contributed by atoms with E-state index in [4.69, 9.17) is 16.9 Å². The lowest BCUT2D eigenvalue weighted by Crippen LogP contribution is -2.35. The Labute approximate surface area is 112 Å². The largest absolute Gasteiger partial charge is 0.335 e. The van der Waals surface area contributed by atoms with Gasteiger partial charge in [-0.25, -0.2) is 4.79 Å². The van der Waals surface area contributed by atoms with Crippen LogP contribution in [0.15, 0.2) is 18.2 Å². The lowest BCUT2D eigenvalue weighted by Gasteiger charge is -2.13. The van der Waals surface area contributed by atoms with E-state index < -0.39 is 0 Å². The third-order valence-corrected chi connectivity index (χ3v) is 2.77. The van der Waals surface area contributed by atoms with Crippen LogP contribution in [0.3, 0.4) is 0 Å². The van der Waals surface area contributed by atoms with Crippen molar-refractivity contribution in [2.45, 2.75) is 32.7 Å². The van der Waals surface area contributed by atoms with Crippen molar-refractivity contribution in [3.8, 4) is 6.07 Å². The average molecular weight is 266 g/mol. The number of nitrogens with one attached hydrogen (secondary N) is 2. The van der Waals surface area contributed by atoms with Gasteiger partial charge in [0, 0.05) is 11.7 Å². The number of benzene rings is 1. The highest BCUT2D eigenvalue weighted by Crippen LogP contribution is 2.19. The second kappa shape index (κ2) is 6.87. The fourth-order valence-electron chi connectivity index (χ4n) is 1.58. The molecule has 0 saturated heterocycles. The van der Waals surface area contributed by atoms with Crippen LogP contribution in [0, 0.1) is 11.3 Å². The van der Waals surface area contributed by atoms with Gasteiger partial charge in [-0.2, -0.15) is 5.26 Å². The Morgan fingerprint density at radius 1 is 1.56 bits per heavy atom. The van der Waals surface area contributed by atoms with Crippen LogP contribution in [0.1, 0.15) is 32.3 Å². The molecule has 1 rings (SSSR count). The molecule has 1 atom stereocenters. The number of halogens is 1. The van der Waals surface area contributed by atoms with Crippen molar-refractivity contribution in [1.29, 1.82) is 5.26 Å². The molecule has 0 fully saturated rings. The Morgan fingerprint density at radius 3 is 2.89 bits per heavy atom. The minimum atomic E-state index is -0.276. The van der Waals surface area contributed by atoms with E-state index in [1.165, 1.54) is 0 Å². The van der Waals surface area contributed by atoms with Gasteiger partial charge in [0.2, 0.25) is 0 Å². The number of hydrogen-bond acceptors (Lipinski definition) is 2. The summed E-state index contributed by atoms with van der Waals surface area (Å²) in [6.07, 6.45) is 1.94. The summed E-state index contributed by atoms with van der Waals surface area (Å²) in [5, 5.41) is 14.7. The third kappa shape index (κ3) is 4.27. The predicted molar refractivity (Wildman–Crippen MR) is 72.7 cm³/mol. The number of nitrogens with zero attached hydrogens (tertiary/aromatic N) is 1. The molecule has 0 saturated carbocycles. The van der Waals surface area contributed by atoms with E-state index in [-0.39, 0.29) is 12.1 Å². The summed E-state index contributed by atoms with van der Waals surface area (Å²) >= 11 is 5.81. The Kier molecular flexibility index (Phi) is 5.47. The molecule has 0 aliphatic carbocycles. The van der Waals surface area contributed by atoms with E-state index in [0.29, 0.717) is 16.3 Å². The molecule has 1 aromatic rings. The van der Waals surface area contributed by atoms with Crippen LogP contribution in [0.4, 0.5) is 10.5 Å². The molecule has 0 aliphatic rings. The first kappa shape index (κ1) is 14.3. The van der Waals surface area contributed by atoms with Crippen molar-refractivity contribution in [3.05, 3.63) is 28.8 Å². The zero-order valence-corrected chi connectivity index (χ0v) is 11.2. The monoisotopic (exact) mass is 265 g/mol. The van der Waals surface area contributed by atoms with Gasteiger partial charge in [0.15, 0.2) is 0 Å². The van der Waals surface area contributed by atoms with Gasteiger partial charge in [0.1, 0.15) is 6.07 Å². The summed E-state index contributed by atoms with van der Waals surface area (Å²) in [4.78, 5) is 11.6. The molecule has 4 nitrogen and oxygen atoms in total. The van der Waals surface area contributed by atoms with Gasteiger partial charge in [-0.1, -0.05) is 24.9 Å². The van der Waals surface area contributed by atoms with Crippen LogP contribution in [0.25, 0.3) is 0 Å². The highest BCUT2D eigenvalue weighted by molar-refractivity contribution is 6.31. The first-order valence-electron chi connectivity index (χ1n) is 5.84. The Balaban J connectivity index is 2.62. The topological polar surface area (TPSA) is 64.9 Å². The van der Waals surface area contributed by atoms with Crippen molar-refractivity contribution in [2.24, 2.45) is 0 Å². The number of anilines is 1. The number of hydrogen-bond donors (Lipinski definition) is 2. The van der Waals surface area contributed by atoms with E-state index in [1.54, 1.807) is 18.2 Å². The standard InChI is InChI=1S/C13H16ClN3O/c1-3-4-9(2)16-13(18)17-11-5-6-12(14)10(7-11)8-15/h5-7,9H,3-4H2,1-2H3,(H2,16,17,18)/t9-/m0/s1. The van der Waals surface area contributed by atoms with Crippen molar-refractivity contribution in [2.75, 3.05) is 5.32 Å². The summed E-state index contributed by atoms with van der Waals surface area (Å²) < 4.78 is 0. The third-order valence-electron chi connectivity index (χ3n) is 2.44. The number of carbonyl (C=O) groups excluding carboxylic acids is 1. The summed E-state index contributed by atoms with van der Waals surface area (Å²) in [5.41, 5.74) is 0.897. The second-order valence-corrected chi connectivity index (χ2v) is 4.50. The van der Waals surface area contributed by atoms with Gasteiger partial charge >= 0.3 is 6.03 Å². The molecule has 18 heavy (non-hydrogen) atoms. The quantitative estimate of drug-likeness (QED) is 0.875. The van der Waals surface area contributed by atoms with Crippen molar-refractivity contribution < 1.29 is 4.79 Å². The number of nitriles is 1. The number of urea groups is 1. The minimum absolute atomic E-state index is 0.123. The van der Waals surface area contributed by atoms with Gasteiger partial charge in [0.05, 0.1) is 10.6 Å². The van der Waals surface area contributed by atoms with Gasteiger partial charge in [-0.15, -0.1) is 0 Å². The smallest absolute Gasteiger partial charge is 0.319 e. The van der Waals surface area contributed by atoms with Gasteiger partial charge in [-0.3, -0.25) is 0 Å². The van der Waals surface area contributed by atoms with Gasteiger partial charge in [-0.05, 0) is 31.5 Å². The molecule has 0 heterocycles. The minimum Gasteiger partial charge on any atom is -0.335 e. The summed E-state index contributed by atoms with van der Waals surface area (Å²) in [6, 6.07) is 6.61. The van der Waals surface area contributed by atoms with Crippen LogP contribution < -0.4 is 10.6 Å². The van der Waals surface area contributed by atoms with Crippen LogP contribution in [0.5, 0.6) is 0 Å². The SMILES string of the molecule is CCC[C@H](C)NC(=O)Nc1ccc(Cl)c(C#N)c1. The van der Waals surface area contributed by atoms with E-state index in [9.17, 15) is 4.79 Å². The summed E-state index contributed by atoms with van der Waals surface area (Å²) in [7, 11) is 0. The fraction of sp³-hybridized carbons (Fsp3) is 0.385. The molecule has 2 amide bonds.